The van der Waals surface area contributed by atoms with Crippen molar-refractivity contribution in [1.29, 1.82) is 0 Å². The Kier molecular flexibility index (Phi) is 2.50. The van der Waals surface area contributed by atoms with Crippen molar-refractivity contribution in [3.05, 3.63) is 42.5 Å². The molecule has 1 N–H and O–H groups in total. The highest BCUT2D eigenvalue weighted by Crippen LogP contribution is 2.36. The van der Waals surface area contributed by atoms with E-state index in [2.05, 4.69) is 0 Å². The summed E-state index contributed by atoms with van der Waals surface area (Å²) in [7, 11) is -1.52. The van der Waals surface area contributed by atoms with E-state index < -0.39 is 7.50 Å². The van der Waals surface area contributed by atoms with Crippen LogP contribution in [0.3, 0.4) is 0 Å². The van der Waals surface area contributed by atoms with Gasteiger partial charge in [-0.15, -0.1) is 0 Å². The minimum Gasteiger partial charge on any atom is -0.356 e. The molecule has 0 aliphatic rings. The van der Waals surface area contributed by atoms with E-state index in [1.807, 2.05) is 42.5 Å². The molecule has 0 amide bonds. The summed E-state index contributed by atoms with van der Waals surface area (Å²) in [4.78, 5) is 9.35. The average molecular weight is 211 g/mol. The molecule has 0 aliphatic heterocycles. The zero-order chi connectivity index (χ0) is 9.26. The Labute approximate surface area is 82.6 Å². The van der Waals surface area contributed by atoms with Crippen LogP contribution < -0.4 is 5.30 Å². The van der Waals surface area contributed by atoms with Gasteiger partial charge in [0.15, 0.2) is 7.50 Å². The van der Waals surface area contributed by atoms with Crippen LogP contribution in [0.2, 0.25) is 0 Å². The van der Waals surface area contributed by atoms with Crippen LogP contribution in [-0.2, 0) is 0 Å². The summed E-state index contributed by atoms with van der Waals surface area (Å²) in [6, 6.07) is 13.7. The number of hydrogen-bond donors (Lipinski definition) is 1. The van der Waals surface area contributed by atoms with Crippen molar-refractivity contribution in [3.63, 3.8) is 0 Å². The largest absolute Gasteiger partial charge is 0.356 e. The van der Waals surface area contributed by atoms with E-state index in [4.69, 9.17) is 11.2 Å². The van der Waals surface area contributed by atoms with E-state index in [1.54, 1.807) is 0 Å². The monoisotopic (exact) mass is 210 g/mol. The fraction of sp³-hybridized carbons (Fsp3) is 0. The molecule has 0 radical (unpaired) electrons. The second-order valence-electron chi connectivity index (χ2n) is 2.76. The number of fused-ring (bicyclic) bond motifs is 1. The maximum atomic E-state index is 9.35. The fourth-order valence-corrected chi connectivity index (χ4v) is 2.42. The quantitative estimate of drug-likeness (QED) is 0.718. The van der Waals surface area contributed by atoms with Crippen LogP contribution in [0, 0.1) is 0 Å². The van der Waals surface area contributed by atoms with Crippen molar-refractivity contribution in [2.45, 2.75) is 0 Å². The first-order valence-corrected chi connectivity index (χ1v) is 6.11. The lowest BCUT2D eigenvalue weighted by molar-refractivity contribution is 0.650. The zero-order valence-electron chi connectivity index (χ0n) is 6.81. The third-order valence-corrected chi connectivity index (χ3v) is 3.30. The molecule has 13 heavy (non-hydrogen) atoms. The Bertz CT molecular complexity index is 423. The highest BCUT2D eigenvalue weighted by atomic mass is 35.7. The molecule has 0 fully saturated rings. The Morgan fingerprint density at radius 1 is 1.00 bits per heavy atom. The molecule has 0 spiro atoms. The standard InChI is InChI=1S/C10H8ClOP/c11-13(12)10-7-3-5-8-4-1-2-6-9(8)10/h1-7,12H. The second kappa shape index (κ2) is 3.63. The topological polar surface area (TPSA) is 20.2 Å². The number of hydrogen-bond acceptors (Lipinski definition) is 1. The lowest BCUT2D eigenvalue weighted by Crippen LogP contribution is -1.97. The molecule has 3 heteroatoms. The Morgan fingerprint density at radius 2 is 1.69 bits per heavy atom. The molecule has 2 aromatic rings. The maximum Gasteiger partial charge on any atom is 0.155 e. The normalized spacial score (nSPS) is 13.1. The number of halogens is 1. The van der Waals surface area contributed by atoms with E-state index in [9.17, 15) is 4.89 Å². The summed E-state index contributed by atoms with van der Waals surface area (Å²) in [6.45, 7) is 0. The molecule has 0 saturated carbocycles. The first-order chi connectivity index (χ1) is 6.29. The minimum absolute atomic E-state index is 0.828. The van der Waals surface area contributed by atoms with Gasteiger partial charge in [-0.1, -0.05) is 53.7 Å². The Balaban J connectivity index is 2.76. The van der Waals surface area contributed by atoms with Crippen molar-refractivity contribution in [1.82, 2.24) is 0 Å². The molecule has 0 saturated heterocycles. The highest BCUT2D eigenvalue weighted by molar-refractivity contribution is 7.85. The molecule has 1 unspecified atom stereocenters. The van der Waals surface area contributed by atoms with Crippen LogP contribution in [0.1, 0.15) is 0 Å². The average Bonchev–Trinajstić information content (AvgIpc) is 2.17. The second-order valence-corrected chi connectivity index (χ2v) is 4.72. The molecular weight excluding hydrogens is 203 g/mol. The minimum atomic E-state index is -1.52. The van der Waals surface area contributed by atoms with Gasteiger partial charge < -0.3 is 4.89 Å². The van der Waals surface area contributed by atoms with Gasteiger partial charge in [0.25, 0.3) is 0 Å². The van der Waals surface area contributed by atoms with Gasteiger partial charge in [0.1, 0.15) is 0 Å². The predicted octanol–water partition coefficient (Wildman–Crippen LogP) is 3.01. The molecule has 1 nitrogen and oxygen atoms in total. The lowest BCUT2D eigenvalue weighted by Gasteiger charge is -2.05. The van der Waals surface area contributed by atoms with Crippen molar-refractivity contribution < 1.29 is 4.89 Å². The Hall–Kier alpha value is -0.620. The van der Waals surface area contributed by atoms with Gasteiger partial charge in [-0.3, -0.25) is 0 Å². The third kappa shape index (κ3) is 1.68. The summed E-state index contributed by atoms with van der Waals surface area (Å²) < 4.78 is 0. The van der Waals surface area contributed by atoms with Crippen LogP contribution in [0.5, 0.6) is 0 Å². The van der Waals surface area contributed by atoms with Crippen LogP contribution in [0.15, 0.2) is 42.5 Å². The van der Waals surface area contributed by atoms with Crippen LogP contribution in [0.25, 0.3) is 10.8 Å². The van der Waals surface area contributed by atoms with Crippen molar-refractivity contribution in [3.8, 4) is 0 Å². The fourth-order valence-electron chi connectivity index (χ4n) is 1.37. The Morgan fingerprint density at radius 3 is 2.46 bits per heavy atom. The van der Waals surface area contributed by atoms with Gasteiger partial charge in [-0.2, -0.15) is 0 Å². The zero-order valence-corrected chi connectivity index (χ0v) is 8.46. The van der Waals surface area contributed by atoms with Crippen molar-refractivity contribution >= 4 is 34.8 Å². The number of rotatable bonds is 1. The van der Waals surface area contributed by atoms with Gasteiger partial charge in [-0.05, 0) is 10.8 Å². The SMILES string of the molecule is OP(Cl)c1cccc2ccccc12. The van der Waals surface area contributed by atoms with Gasteiger partial charge in [0.2, 0.25) is 0 Å². The van der Waals surface area contributed by atoms with E-state index in [1.165, 1.54) is 0 Å². The third-order valence-electron chi connectivity index (χ3n) is 1.97. The summed E-state index contributed by atoms with van der Waals surface area (Å²) in [5.41, 5.74) is 0. The summed E-state index contributed by atoms with van der Waals surface area (Å²) in [5, 5.41) is 2.98. The molecule has 0 heterocycles. The first-order valence-electron chi connectivity index (χ1n) is 3.91. The van der Waals surface area contributed by atoms with Gasteiger partial charge in [0, 0.05) is 5.30 Å². The van der Waals surface area contributed by atoms with Gasteiger partial charge in [-0.25, -0.2) is 0 Å². The van der Waals surface area contributed by atoms with Gasteiger partial charge >= 0.3 is 0 Å². The number of benzene rings is 2. The predicted molar refractivity (Wildman–Crippen MR) is 58.6 cm³/mol. The summed E-state index contributed by atoms with van der Waals surface area (Å²) in [5.74, 6) is 0. The molecule has 2 aromatic carbocycles. The van der Waals surface area contributed by atoms with Crippen molar-refractivity contribution in [2.75, 3.05) is 0 Å². The van der Waals surface area contributed by atoms with Gasteiger partial charge in [0.05, 0.1) is 0 Å². The summed E-state index contributed by atoms with van der Waals surface area (Å²) in [6.07, 6.45) is 0. The van der Waals surface area contributed by atoms with E-state index in [0.29, 0.717) is 0 Å². The summed E-state index contributed by atoms with van der Waals surface area (Å²) >= 11 is 5.70. The molecule has 2 rings (SSSR count). The lowest BCUT2D eigenvalue weighted by atomic mass is 10.1. The molecule has 0 bridgehead atoms. The maximum absolute atomic E-state index is 9.35. The van der Waals surface area contributed by atoms with Crippen LogP contribution >= 0.6 is 18.7 Å². The van der Waals surface area contributed by atoms with Crippen LogP contribution in [0.4, 0.5) is 0 Å². The smallest absolute Gasteiger partial charge is 0.155 e. The van der Waals surface area contributed by atoms with E-state index in [0.717, 1.165) is 16.1 Å². The van der Waals surface area contributed by atoms with E-state index in [-0.39, 0.29) is 0 Å². The molecule has 66 valence electrons. The van der Waals surface area contributed by atoms with Crippen LogP contribution in [-0.4, -0.2) is 4.89 Å². The molecule has 1 atom stereocenters. The van der Waals surface area contributed by atoms with E-state index >= 15 is 0 Å². The van der Waals surface area contributed by atoms with Crippen molar-refractivity contribution in [2.24, 2.45) is 0 Å². The molecule has 0 aromatic heterocycles. The first kappa shape index (κ1) is 8.96. The molecular formula is C10H8ClOP. The molecule has 0 aliphatic carbocycles. The highest BCUT2D eigenvalue weighted by Gasteiger charge is 2.06.